The number of carbonyl (C=O) groups excluding carboxylic acids is 2. The van der Waals surface area contributed by atoms with Crippen molar-refractivity contribution >= 4 is 39.0 Å². The van der Waals surface area contributed by atoms with Crippen molar-refractivity contribution in [1.29, 1.82) is 0 Å². The van der Waals surface area contributed by atoms with E-state index in [2.05, 4.69) is 26.2 Å². The molecule has 2 aromatic rings. The van der Waals surface area contributed by atoms with Gasteiger partial charge >= 0.3 is 0 Å². The van der Waals surface area contributed by atoms with E-state index >= 15 is 0 Å². The minimum Gasteiger partial charge on any atom is -0.493 e. The first kappa shape index (κ1) is 19.5. The molecule has 0 radical (unpaired) electrons. The molecule has 0 aliphatic heterocycles. The molecular formula is C19H25BrN2O3. The van der Waals surface area contributed by atoms with Crippen LogP contribution in [0.5, 0.6) is 5.75 Å². The van der Waals surface area contributed by atoms with E-state index in [0.717, 1.165) is 26.7 Å². The number of halogens is 1. The lowest BCUT2D eigenvalue weighted by Gasteiger charge is -2.19. The molecule has 1 unspecified atom stereocenters. The van der Waals surface area contributed by atoms with Crippen LogP contribution in [0.15, 0.2) is 16.6 Å². The number of ether oxygens (including phenoxy) is 1. The molecule has 0 fully saturated rings. The summed E-state index contributed by atoms with van der Waals surface area (Å²) in [6, 6.07) is 3.88. The molecule has 25 heavy (non-hydrogen) atoms. The standard InChI is InChI=1S/C19H25BrN2O3/c1-6-25-15-7-12-14(8-13(15)20)22-17(18(24)19(3,4)5)16(12)11(2)9-21-10-23/h7-8,10-11,22H,6,9H2,1-5H3,(H,21,23). The first-order chi connectivity index (χ1) is 11.7. The SMILES string of the molecule is CCOc1cc2c(C(C)CNC=O)c(C(=O)C(C)(C)C)[nH]c2cc1Br. The number of H-pyrrole nitrogens is 1. The second kappa shape index (κ2) is 7.60. The number of rotatable bonds is 7. The molecule has 5 nitrogen and oxygen atoms in total. The Morgan fingerprint density at radius 2 is 2.08 bits per heavy atom. The molecule has 0 saturated carbocycles. The topological polar surface area (TPSA) is 71.2 Å². The Bertz CT molecular complexity index is 790. The fourth-order valence-electron chi connectivity index (χ4n) is 2.88. The normalized spacial score (nSPS) is 12.9. The van der Waals surface area contributed by atoms with Crippen LogP contribution in [-0.4, -0.2) is 30.3 Å². The van der Waals surface area contributed by atoms with E-state index in [4.69, 9.17) is 4.74 Å². The van der Waals surface area contributed by atoms with Gasteiger partial charge in [0.2, 0.25) is 6.41 Å². The average Bonchev–Trinajstić information content (AvgIpc) is 2.89. The van der Waals surface area contributed by atoms with Crippen molar-refractivity contribution < 1.29 is 14.3 Å². The number of nitrogens with one attached hydrogen (secondary N) is 2. The second-order valence-corrected chi connectivity index (χ2v) is 8.04. The largest absolute Gasteiger partial charge is 0.493 e. The van der Waals surface area contributed by atoms with Gasteiger partial charge in [-0.3, -0.25) is 9.59 Å². The maximum atomic E-state index is 13.0. The van der Waals surface area contributed by atoms with Crippen molar-refractivity contribution in [3.05, 3.63) is 27.9 Å². The van der Waals surface area contributed by atoms with E-state index in [9.17, 15) is 9.59 Å². The smallest absolute Gasteiger partial charge is 0.207 e. The highest BCUT2D eigenvalue weighted by atomic mass is 79.9. The van der Waals surface area contributed by atoms with Crippen LogP contribution >= 0.6 is 15.9 Å². The Hall–Kier alpha value is -1.82. The molecule has 1 aromatic heterocycles. The maximum absolute atomic E-state index is 13.0. The van der Waals surface area contributed by atoms with Crippen LogP contribution in [0.2, 0.25) is 0 Å². The first-order valence-electron chi connectivity index (χ1n) is 8.40. The molecule has 1 heterocycles. The predicted octanol–water partition coefficient (Wildman–Crippen LogP) is 4.41. The minimum absolute atomic E-state index is 0.0177. The molecule has 0 aliphatic rings. The lowest BCUT2D eigenvalue weighted by molar-refractivity contribution is -0.109. The van der Waals surface area contributed by atoms with E-state index in [-0.39, 0.29) is 11.7 Å². The van der Waals surface area contributed by atoms with Gasteiger partial charge in [-0.2, -0.15) is 0 Å². The van der Waals surface area contributed by atoms with E-state index < -0.39 is 5.41 Å². The third-order valence-corrected chi connectivity index (χ3v) is 4.72. The predicted molar refractivity (Wildman–Crippen MR) is 103 cm³/mol. The minimum atomic E-state index is -0.507. The van der Waals surface area contributed by atoms with E-state index in [1.807, 2.05) is 46.8 Å². The summed E-state index contributed by atoms with van der Waals surface area (Å²) in [7, 11) is 0. The van der Waals surface area contributed by atoms with Crippen LogP contribution in [0.3, 0.4) is 0 Å². The van der Waals surface area contributed by atoms with Gasteiger partial charge < -0.3 is 15.0 Å². The summed E-state index contributed by atoms with van der Waals surface area (Å²) in [6.45, 7) is 10.7. The zero-order chi connectivity index (χ0) is 18.8. The van der Waals surface area contributed by atoms with Gasteiger partial charge in [-0.25, -0.2) is 0 Å². The average molecular weight is 409 g/mol. The highest BCUT2D eigenvalue weighted by Crippen LogP contribution is 2.38. The highest BCUT2D eigenvalue weighted by molar-refractivity contribution is 9.10. The summed E-state index contributed by atoms with van der Waals surface area (Å²) in [5, 5.41) is 3.65. The highest BCUT2D eigenvalue weighted by Gasteiger charge is 2.30. The number of hydrogen-bond donors (Lipinski definition) is 2. The third kappa shape index (κ3) is 4.06. The summed E-state index contributed by atoms with van der Waals surface area (Å²) in [5.74, 6) is 0.766. The van der Waals surface area contributed by atoms with Gasteiger partial charge in [0.05, 0.1) is 16.8 Å². The molecule has 1 amide bonds. The van der Waals surface area contributed by atoms with Crippen LogP contribution in [0.1, 0.15) is 56.6 Å². The van der Waals surface area contributed by atoms with Crippen molar-refractivity contribution in [3.63, 3.8) is 0 Å². The zero-order valence-corrected chi connectivity index (χ0v) is 16.9. The molecule has 136 valence electrons. The fourth-order valence-corrected chi connectivity index (χ4v) is 3.33. The molecule has 1 atom stereocenters. The molecule has 0 aliphatic carbocycles. The summed E-state index contributed by atoms with van der Waals surface area (Å²) in [6.07, 6.45) is 0.679. The van der Waals surface area contributed by atoms with Gasteiger partial charge in [-0.05, 0) is 40.5 Å². The maximum Gasteiger partial charge on any atom is 0.207 e. The zero-order valence-electron chi connectivity index (χ0n) is 15.3. The molecule has 6 heteroatoms. The number of hydrogen-bond acceptors (Lipinski definition) is 3. The third-order valence-electron chi connectivity index (χ3n) is 4.10. The van der Waals surface area contributed by atoms with Gasteiger partial charge in [-0.15, -0.1) is 0 Å². The molecule has 1 aromatic carbocycles. The van der Waals surface area contributed by atoms with Crippen molar-refractivity contribution in [1.82, 2.24) is 10.3 Å². The fraction of sp³-hybridized carbons (Fsp3) is 0.474. The van der Waals surface area contributed by atoms with Crippen LogP contribution in [0.4, 0.5) is 0 Å². The van der Waals surface area contributed by atoms with Gasteiger partial charge in [-0.1, -0.05) is 27.7 Å². The number of aromatic amines is 1. The second-order valence-electron chi connectivity index (χ2n) is 7.18. The van der Waals surface area contributed by atoms with Crippen LogP contribution in [-0.2, 0) is 4.79 Å². The summed E-state index contributed by atoms with van der Waals surface area (Å²) >= 11 is 3.52. The van der Waals surface area contributed by atoms with Gasteiger partial charge in [0.1, 0.15) is 5.75 Å². The Balaban J connectivity index is 2.69. The first-order valence-corrected chi connectivity index (χ1v) is 9.19. The van der Waals surface area contributed by atoms with Crippen molar-refractivity contribution in [2.24, 2.45) is 5.41 Å². The van der Waals surface area contributed by atoms with Gasteiger partial charge in [0.15, 0.2) is 5.78 Å². The summed E-state index contributed by atoms with van der Waals surface area (Å²) in [4.78, 5) is 26.9. The summed E-state index contributed by atoms with van der Waals surface area (Å²) in [5.41, 5.74) is 1.88. The van der Waals surface area contributed by atoms with E-state index in [0.29, 0.717) is 25.3 Å². The number of carbonyl (C=O) groups is 2. The number of benzene rings is 1. The number of ketones is 1. The molecule has 0 bridgehead atoms. The molecule has 2 rings (SSSR count). The molecule has 0 spiro atoms. The summed E-state index contributed by atoms with van der Waals surface area (Å²) < 4.78 is 6.52. The van der Waals surface area contributed by atoms with Gasteiger partial charge in [0.25, 0.3) is 0 Å². The Morgan fingerprint density at radius 1 is 1.40 bits per heavy atom. The Kier molecular flexibility index (Phi) is 5.93. The number of amides is 1. The lowest BCUT2D eigenvalue weighted by Crippen LogP contribution is -2.24. The number of aromatic nitrogens is 1. The molecule has 2 N–H and O–H groups in total. The van der Waals surface area contributed by atoms with E-state index in [1.54, 1.807) is 0 Å². The molecular weight excluding hydrogens is 384 g/mol. The van der Waals surface area contributed by atoms with Crippen LogP contribution < -0.4 is 10.1 Å². The number of Topliss-reactive ketones (excluding diaryl/α,β-unsaturated/α-hetero) is 1. The number of fused-ring (bicyclic) bond motifs is 1. The monoisotopic (exact) mass is 408 g/mol. The van der Waals surface area contributed by atoms with E-state index in [1.165, 1.54) is 0 Å². The Morgan fingerprint density at radius 3 is 2.64 bits per heavy atom. The lowest BCUT2D eigenvalue weighted by atomic mass is 9.85. The quantitative estimate of drug-likeness (QED) is 0.526. The Labute approximate surface area is 156 Å². The van der Waals surface area contributed by atoms with Crippen molar-refractivity contribution in [2.75, 3.05) is 13.2 Å². The van der Waals surface area contributed by atoms with Crippen LogP contribution in [0.25, 0.3) is 10.9 Å². The van der Waals surface area contributed by atoms with Crippen molar-refractivity contribution in [2.45, 2.75) is 40.5 Å². The van der Waals surface area contributed by atoms with Crippen LogP contribution in [0, 0.1) is 5.41 Å². The van der Waals surface area contributed by atoms with Gasteiger partial charge in [0, 0.05) is 28.8 Å². The molecule has 0 saturated heterocycles. The van der Waals surface area contributed by atoms with Crippen molar-refractivity contribution in [3.8, 4) is 5.75 Å².